The number of carbonyl (C=O) groups excluding carboxylic acids is 2. The summed E-state index contributed by atoms with van der Waals surface area (Å²) in [5.41, 5.74) is 0.938. The zero-order valence-corrected chi connectivity index (χ0v) is 15.9. The lowest BCUT2D eigenvalue weighted by Crippen LogP contribution is -2.45. The van der Waals surface area contributed by atoms with Gasteiger partial charge in [-0.3, -0.25) is 0 Å². The maximum Gasteiger partial charge on any atom is 0.338 e. The highest BCUT2D eigenvalue weighted by Gasteiger charge is 2.34. The largest absolute Gasteiger partial charge is 0.458 e. The fourth-order valence-electron chi connectivity index (χ4n) is 2.16. The van der Waals surface area contributed by atoms with Gasteiger partial charge in [-0.2, -0.15) is 0 Å². The summed E-state index contributed by atoms with van der Waals surface area (Å²) in [5, 5.41) is 5.82. The van der Waals surface area contributed by atoms with Gasteiger partial charge in [-0.25, -0.2) is 9.59 Å². The molecule has 130 valence electrons. The summed E-state index contributed by atoms with van der Waals surface area (Å²) in [6.45, 7) is 1.11. The van der Waals surface area contributed by atoms with Gasteiger partial charge in [-0.15, -0.1) is 0 Å². The predicted octanol–water partition coefficient (Wildman–Crippen LogP) is 4.53. The number of hydrogen-bond donors (Lipinski definition) is 2. The molecule has 0 bridgehead atoms. The van der Waals surface area contributed by atoms with Crippen LogP contribution in [0.25, 0.3) is 0 Å². The van der Waals surface area contributed by atoms with Crippen molar-refractivity contribution >= 4 is 70.0 Å². The van der Waals surface area contributed by atoms with E-state index in [4.69, 9.17) is 62.7 Å². The lowest BCUT2D eigenvalue weighted by atomic mass is 9.95. The van der Waals surface area contributed by atoms with Crippen LogP contribution in [-0.4, -0.2) is 22.4 Å². The number of esters is 1. The minimum absolute atomic E-state index is 0.146. The molecule has 1 unspecified atom stereocenters. The van der Waals surface area contributed by atoms with Crippen LogP contribution in [0.1, 0.15) is 18.5 Å². The quantitative estimate of drug-likeness (QED) is 0.545. The van der Waals surface area contributed by atoms with Crippen molar-refractivity contribution in [2.45, 2.75) is 16.8 Å². The average Bonchev–Trinajstić information content (AvgIpc) is 2.43. The molecule has 24 heavy (non-hydrogen) atoms. The molecular weight excluding hydrogens is 421 g/mol. The Kier molecular flexibility index (Phi) is 6.15. The third-order valence-corrected chi connectivity index (χ3v) is 4.02. The number of urea groups is 1. The number of hydrogen-bond acceptors (Lipinski definition) is 3. The van der Waals surface area contributed by atoms with Crippen LogP contribution in [0.4, 0.5) is 4.79 Å². The first-order valence-electron chi connectivity index (χ1n) is 6.55. The normalized spacial score (nSPS) is 18.1. The Morgan fingerprint density at radius 2 is 1.96 bits per heavy atom. The second-order valence-electron chi connectivity index (χ2n) is 4.93. The van der Waals surface area contributed by atoms with Crippen LogP contribution in [0.15, 0.2) is 29.5 Å². The summed E-state index contributed by atoms with van der Waals surface area (Å²) in [4.78, 5) is 24.2. The average molecular weight is 433 g/mol. The lowest BCUT2D eigenvalue weighted by molar-refractivity contribution is -0.139. The minimum Gasteiger partial charge on any atom is -0.458 e. The third-order valence-electron chi connectivity index (χ3n) is 3.13. The van der Waals surface area contributed by atoms with Crippen molar-refractivity contribution in [3.8, 4) is 0 Å². The number of carbonyl (C=O) groups is 2. The highest BCUT2D eigenvalue weighted by atomic mass is 35.6. The molecule has 2 N–H and O–H groups in total. The van der Waals surface area contributed by atoms with Gasteiger partial charge in [0.15, 0.2) is 0 Å². The highest BCUT2D eigenvalue weighted by Crippen LogP contribution is 2.34. The van der Waals surface area contributed by atoms with Crippen LogP contribution in [0, 0.1) is 0 Å². The Labute approximate surface area is 163 Å². The lowest BCUT2D eigenvalue weighted by Gasteiger charge is -2.29. The summed E-state index contributed by atoms with van der Waals surface area (Å²) < 4.78 is 3.27. The van der Waals surface area contributed by atoms with Gasteiger partial charge in [0.05, 0.1) is 11.6 Å². The Hall–Kier alpha value is -0.850. The molecule has 0 aliphatic carbocycles. The Morgan fingerprint density at radius 3 is 2.54 bits per heavy atom. The van der Waals surface area contributed by atoms with E-state index >= 15 is 0 Å². The molecule has 1 atom stereocenters. The van der Waals surface area contributed by atoms with Gasteiger partial charge in [-0.1, -0.05) is 64.1 Å². The molecule has 1 aliphatic heterocycles. The van der Waals surface area contributed by atoms with Crippen molar-refractivity contribution in [2.75, 3.05) is 6.61 Å². The van der Waals surface area contributed by atoms with Gasteiger partial charge in [0, 0.05) is 15.7 Å². The molecule has 0 saturated heterocycles. The Bertz CT molecular complexity index is 715. The molecule has 2 amide bonds. The van der Waals surface area contributed by atoms with Crippen molar-refractivity contribution in [3.05, 3.63) is 45.1 Å². The number of allylic oxidation sites excluding steroid dienone is 1. The molecular formula is C14H11Cl5N2O3. The summed E-state index contributed by atoms with van der Waals surface area (Å²) >= 11 is 28.8. The van der Waals surface area contributed by atoms with Crippen molar-refractivity contribution < 1.29 is 14.3 Å². The van der Waals surface area contributed by atoms with Crippen LogP contribution in [0.5, 0.6) is 0 Å². The maximum absolute atomic E-state index is 12.4. The van der Waals surface area contributed by atoms with E-state index in [0.29, 0.717) is 16.3 Å². The molecule has 1 heterocycles. The monoisotopic (exact) mass is 430 g/mol. The topological polar surface area (TPSA) is 67.4 Å². The second-order valence-corrected chi connectivity index (χ2v) is 8.29. The van der Waals surface area contributed by atoms with Gasteiger partial charge >= 0.3 is 12.0 Å². The molecule has 0 fully saturated rings. The highest BCUT2D eigenvalue weighted by molar-refractivity contribution is 6.67. The van der Waals surface area contributed by atoms with Crippen LogP contribution < -0.4 is 10.6 Å². The SMILES string of the molecule is CC1=C(C(=O)OCC(Cl)(Cl)Cl)C(c2ccc(Cl)cc2Cl)NC(=O)N1. The summed E-state index contributed by atoms with van der Waals surface area (Å²) in [7, 11) is 0. The molecule has 0 spiro atoms. The number of halogens is 5. The van der Waals surface area contributed by atoms with Crippen LogP contribution >= 0.6 is 58.0 Å². The van der Waals surface area contributed by atoms with E-state index in [9.17, 15) is 9.59 Å². The molecule has 2 rings (SSSR count). The number of rotatable bonds is 3. The van der Waals surface area contributed by atoms with Crippen LogP contribution in [0.3, 0.4) is 0 Å². The first-order chi connectivity index (χ1) is 11.1. The van der Waals surface area contributed by atoms with Gasteiger partial charge in [-0.05, 0) is 24.6 Å². The Morgan fingerprint density at radius 1 is 1.29 bits per heavy atom. The molecule has 1 aliphatic rings. The first kappa shape index (κ1) is 19.5. The molecule has 1 aromatic rings. The van der Waals surface area contributed by atoms with Crippen LogP contribution in [-0.2, 0) is 9.53 Å². The number of ether oxygens (including phenoxy) is 1. The van der Waals surface area contributed by atoms with E-state index in [1.165, 1.54) is 6.07 Å². The van der Waals surface area contributed by atoms with Crippen molar-refractivity contribution in [3.63, 3.8) is 0 Å². The number of nitrogens with one attached hydrogen (secondary N) is 2. The van der Waals surface area contributed by atoms with Crippen molar-refractivity contribution in [1.82, 2.24) is 10.6 Å². The maximum atomic E-state index is 12.4. The third kappa shape index (κ3) is 4.83. The van der Waals surface area contributed by atoms with E-state index in [2.05, 4.69) is 10.6 Å². The fraction of sp³-hybridized carbons (Fsp3) is 0.286. The van der Waals surface area contributed by atoms with Crippen LogP contribution in [0.2, 0.25) is 10.0 Å². The molecule has 0 aromatic heterocycles. The smallest absolute Gasteiger partial charge is 0.338 e. The zero-order chi connectivity index (χ0) is 18.1. The first-order valence-corrected chi connectivity index (χ1v) is 8.44. The molecule has 0 radical (unpaired) electrons. The number of alkyl halides is 3. The fourth-order valence-corrected chi connectivity index (χ4v) is 2.84. The standard InChI is InChI=1S/C14H11Cl5N2O3/c1-6-10(12(22)24-5-14(17,18)19)11(21-13(23)20-6)8-3-2-7(15)4-9(8)16/h2-4,11H,5H2,1H3,(H2,20,21,23). The van der Waals surface area contributed by atoms with E-state index in [1.54, 1.807) is 19.1 Å². The Balaban J connectivity index is 2.38. The van der Waals surface area contributed by atoms with E-state index < -0.39 is 28.4 Å². The van der Waals surface area contributed by atoms with Crippen molar-refractivity contribution in [2.24, 2.45) is 0 Å². The summed E-state index contributed by atoms with van der Waals surface area (Å²) in [6, 6.07) is 3.40. The van der Waals surface area contributed by atoms with Gasteiger partial charge in [0.1, 0.15) is 6.61 Å². The van der Waals surface area contributed by atoms with E-state index in [1.807, 2.05) is 0 Å². The van der Waals surface area contributed by atoms with Gasteiger partial charge < -0.3 is 15.4 Å². The molecule has 1 aromatic carbocycles. The zero-order valence-electron chi connectivity index (χ0n) is 12.1. The molecule has 5 nitrogen and oxygen atoms in total. The van der Waals surface area contributed by atoms with E-state index in [0.717, 1.165) is 0 Å². The number of amides is 2. The molecule has 0 saturated carbocycles. The minimum atomic E-state index is -1.75. The van der Waals surface area contributed by atoms with Gasteiger partial charge in [0.2, 0.25) is 3.79 Å². The summed E-state index contributed by atoms with van der Waals surface area (Å²) in [5.74, 6) is -0.748. The predicted molar refractivity (Wildman–Crippen MR) is 94.8 cm³/mol. The molecule has 10 heteroatoms. The van der Waals surface area contributed by atoms with Crippen molar-refractivity contribution in [1.29, 1.82) is 0 Å². The van der Waals surface area contributed by atoms with E-state index in [-0.39, 0.29) is 10.6 Å². The number of benzene rings is 1. The summed E-state index contributed by atoms with van der Waals surface area (Å²) in [6.07, 6.45) is 0. The van der Waals surface area contributed by atoms with Gasteiger partial charge in [0.25, 0.3) is 0 Å². The second kappa shape index (κ2) is 7.58.